The molecule has 0 bridgehead atoms. The maximum atomic E-state index is 5.65. The monoisotopic (exact) mass is 270 g/mol. The third-order valence-corrected chi connectivity index (χ3v) is 3.59. The second-order valence-corrected chi connectivity index (χ2v) is 5.18. The number of hydrogen-bond acceptors (Lipinski definition) is 1. The number of aryl methyl sites for hydroxylation is 2. The van der Waals surface area contributed by atoms with Gasteiger partial charge in [-0.25, -0.2) is 0 Å². The summed E-state index contributed by atoms with van der Waals surface area (Å²) in [6, 6.07) is 6.47. The number of benzene rings is 1. The topological polar surface area (TPSA) is 9.23 Å². The molecule has 1 aromatic rings. The summed E-state index contributed by atoms with van der Waals surface area (Å²) < 4.78 is 5.65. The largest absolute Gasteiger partial charge is 0.373 e. The third-order valence-electron chi connectivity index (χ3n) is 3.59. The molecule has 0 amide bonds. The average molecular weight is 270 g/mol. The molecule has 0 saturated carbocycles. The fraction of sp³-hybridized carbons (Fsp3) is 0.368. The third kappa shape index (κ3) is 5.58. The lowest BCUT2D eigenvalue weighted by Gasteiger charge is -2.05. The average Bonchev–Trinajstić information content (AvgIpc) is 2.45. The van der Waals surface area contributed by atoms with E-state index in [1.165, 1.54) is 27.8 Å². The zero-order valence-corrected chi connectivity index (χ0v) is 13.4. The lowest BCUT2D eigenvalue weighted by molar-refractivity contribution is 0.148. The minimum atomic E-state index is 0.644. The van der Waals surface area contributed by atoms with Crippen LogP contribution in [0, 0.1) is 13.8 Å². The van der Waals surface area contributed by atoms with Gasteiger partial charge >= 0.3 is 0 Å². The molecular formula is C19H26O. The molecule has 0 aliphatic heterocycles. The first-order valence-electron chi connectivity index (χ1n) is 7.15. The van der Waals surface area contributed by atoms with Gasteiger partial charge in [0.2, 0.25) is 0 Å². The second kappa shape index (κ2) is 8.55. The van der Waals surface area contributed by atoms with Crippen molar-refractivity contribution >= 4 is 0 Å². The van der Waals surface area contributed by atoms with Crippen molar-refractivity contribution in [1.82, 2.24) is 0 Å². The van der Waals surface area contributed by atoms with E-state index in [9.17, 15) is 0 Å². The molecule has 20 heavy (non-hydrogen) atoms. The Balaban J connectivity index is 2.36. The van der Waals surface area contributed by atoms with Crippen molar-refractivity contribution in [1.29, 1.82) is 0 Å². The Morgan fingerprint density at radius 1 is 1.10 bits per heavy atom. The summed E-state index contributed by atoms with van der Waals surface area (Å²) in [6.45, 7) is 11.9. The Morgan fingerprint density at radius 3 is 2.50 bits per heavy atom. The van der Waals surface area contributed by atoms with Gasteiger partial charge in [0.05, 0.1) is 13.2 Å². The first-order valence-corrected chi connectivity index (χ1v) is 7.15. The molecule has 0 spiro atoms. The maximum Gasteiger partial charge on any atom is 0.0721 e. The molecule has 0 saturated heterocycles. The van der Waals surface area contributed by atoms with Crippen molar-refractivity contribution in [2.45, 2.75) is 41.2 Å². The van der Waals surface area contributed by atoms with Crippen LogP contribution in [0.2, 0.25) is 0 Å². The van der Waals surface area contributed by atoms with Crippen LogP contribution in [0.15, 0.2) is 53.6 Å². The number of ether oxygens (including phenoxy) is 1. The van der Waals surface area contributed by atoms with Crippen LogP contribution in [-0.4, -0.2) is 6.61 Å². The SMILES string of the molecule is C\C=C(C)/C(C)=C\C=C/COCc1ccc(C)c(C)c1. The predicted molar refractivity (Wildman–Crippen MR) is 87.9 cm³/mol. The summed E-state index contributed by atoms with van der Waals surface area (Å²) in [5.74, 6) is 0. The highest BCUT2D eigenvalue weighted by Gasteiger charge is 1.95. The van der Waals surface area contributed by atoms with Gasteiger partial charge in [-0.1, -0.05) is 48.1 Å². The molecule has 0 aliphatic rings. The van der Waals surface area contributed by atoms with E-state index in [2.05, 4.69) is 71.0 Å². The molecule has 0 aromatic heterocycles. The van der Waals surface area contributed by atoms with Crippen LogP contribution in [0.4, 0.5) is 0 Å². The summed E-state index contributed by atoms with van der Waals surface area (Å²) in [5.41, 5.74) is 6.48. The summed E-state index contributed by atoms with van der Waals surface area (Å²) in [4.78, 5) is 0. The van der Waals surface area contributed by atoms with E-state index < -0.39 is 0 Å². The van der Waals surface area contributed by atoms with Gasteiger partial charge in [-0.2, -0.15) is 0 Å². The quantitative estimate of drug-likeness (QED) is 0.504. The maximum absolute atomic E-state index is 5.65. The van der Waals surface area contributed by atoms with Gasteiger partial charge in [0, 0.05) is 0 Å². The zero-order chi connectivity index (χ0) is 15.0. The van der Waals surface area contributed by atoms with Crippen LogP contribution in [0.25, 0.3) is 0 Å². The first kappa shape index (κ1) is 16.5. The summed E-state index contributed by atoms with van der Waals surface area (Å²) in [6.07, 6.45) is 8.35. The molecule has 108 valence electrons. The highest BCUT2D eigenvalue weighted by Crippen LogP contribution is 2.11. The van der Waals surface area contributed by atoms with Crippen LogP contribution in [0.5, 0.6) is 0 Å². The molecular weight excluding hydrogens is 244 g/mol. The Morgan fingerprint density at radius 2 is 1.85 bits per heavy atom. The molecule has 1 heteroatoms. The lowest BCUT2D eigenvalue weighted by atomic mass is 10.1. The lowest BCUT2D eigenvalue weighted by Crippen LogP contribution is -1.94. The summed E-state index contributed by atoms with van der Waals surface area (Å²) in [7, 11) is 0. The molecule has 0 heterocycles. The van der Waals surface area contributed by atoms with E-state index in [4.69, 9.17) is 4.74 Å². The Kier molecular flexibility index (Phi) is 7.03. The Bertz CT molecular complexity index is 519. The molecule has 0 unspecified atom stereocenters. The standard InChI is InChI=1S/C19H26O/c1-6-15(2)16(3)9-7-8-12-20-14-19-11-10-17(4)18(5)13-19/h6-11,13H,12,14H2,1-5H3/b8-7-,15-6-,16-9-. The van der Waals surface area contributed by atoms with Gasteiger partial charge < -0.3 is 4.74 Å². The molecule has 1 aromatic carbocycles. The van der Waals surface area contributed by atoms with Gasteiger partial charge in [0.15, 0.2) is 0 Å². The molecule has 0 N–H and O–H groups in total. The zero-order valence-electron chi connectivity index (χ0n) is 13.4. The number of allylic oxidation sites excluding steroid dienone is 5. The van der Waals surface area contributed by atoms with Crippen molar-refractivity contribution in [3.63, 3.8) is 0 Å². The smallest absolute Gasteiger partial charge is 0.0721 e. The molecule has 1 rings (SSSR count). The van der Waals surface area contributed by atoms with Crippen LogP contribution >= 0.6 is 0 Å². The van der Waals surface area contributed by atoms with Crippen LogP contribution in [-0.2, 0) is 11.3 Å². The predicted octanol–water partition coefficient (Wildman–Crippen LogP) is 5.29. The Hall–Kier alpha value is -1.60. The van der Waals surface area contributed by atoms with E-state index >= 15 is 0 Å². The van der Waals surface area contributed by atoms with Crippen molar-refractivity contribution in [3.05, 3.63) is 70.3 Å². The van der Waals surface area contributed by atoms with Crippen molar-refractivity contribution in [3.8, 4) is 0 Å². The van der Waals surface area contributed by atoms with Crippen LogP contribution in [0.1, 0.15) is 37.5 Å². The van der Waals surface area contributed by atoms with Crippen LogP contribution in [0.3, 0.4) is 0 Å². The molecule has 0 fully saturated rings. The van der Waals surface area contributed by atoms with Gasteiger partial charge in [0.1, 0.15) is 0 Å². The molecule has 0 atom stereocenters. The van der Waals surface area contributed by atoms with Gasteiger partial charge in [-0.05, 0) is 56.9 Å². The van der Waals surface area contributed by atoms with Crippen molar-refractivity contribution < 1.29 is 4.74 Å². The number of rotatable bonds is 6. The van der Waals surface area contributed by atoms with E-state index in [-0.39, 0.29) is 0 Å². The molecule has 0 radical (unpaired) electrons. The molecule has 0 aliphatic carbocycles. The second-order valence-electron chi connectivity index (χ2n) is 5.18. The number of hydrogen-bond donors (Lipinski definition) is 0. The Labute approximate surface area is 123 Å². The first-order chi connectivity index (χ1) is 9.54. The van der Waals surface area contributed by atoms with Crippen molar-refractivity contribution in [2.24, 2.45) is 0 Å². The van der Waals surface area contributed by atoms with Crippen LogP contribution < -0.4 is 0 Å². The minimum Gasteiger partial charge on any atom is -0.373 e. The summed E-state index contributed by atoms with van der Waals surface area (Å²) >= 11 is 0. The highest BCUT2D eigenvalue weighted by atomic mass is 16.5. The fourth-order valence-corrected chi connectivity index (χ4v) is 1.77. The van der Waals surface area contributed by atoms with Gasteiger partial charge in [-0.3, -0.25) is 0 Å². The van der Waals surface area contributed by atoms with E-state index in [1.54, 1.807) is 0 Å². The van der Waals surface area contributed by atoms with E-state index in [1.807, 2.05) is 6.08 Å². The van der Waals surface area contributed by atoms with E-state index in [0.717, 1.165) is 0 Å². The normalized spacial score (nSPS) is 13.2. The van der Waals surface area contributed by atoms with Gasteiger partial charge in [-0.15, -0.1) is 0 Å². The molecule has 1 nitrogen and oxygen atoms in total. The highest BCUT2D eigenvalue weighted by molar-refractivity contribution is 5.30. The van der Waals surface area contributed by atoms with Crippen molar-refractivity contribution in [2.75, 3.05) is 6.61 Å². The fourth-order valence-electron chi connectivity index (χ4n) is 1.77. The minimum absolute atomic E-state index is 0.644. The van der Waals surface area contributed by atoms with Gasteiger partial charge in [0.25, 0.3) is 0 Å². The van der Waals surface area contributed by atoms with E-state index in [0.29, 0.717) is 13.2 Å². The summed E-state index contributed by atoms with van der Waals surface area (Å²) in [5, 5.41) is 0.